The minimum Gasteiger partial charge on any atom is -0.494 e. The molecule has 2 N–H and O–H groups in total. The van der Waals surface area contributed by atoms with Crippen LogP contribution in [0.5, 0.6) is 5.75 Å². The van der Waals surface area contributed by atoms with Crippen LogP contribution in [-0.2, 0) is 4.79 Å². The molecule has 0 radical (unpaired) electrons. The Bertz CT molecular complexity index is 672. The van der Waals surface area contributed by atoms with Gasteiger partial charge in [-0.05, 0) is 55.5 Å². The van der Waals surface area contributed by atoms with E-state index in [9.17, 15) is 4.79 Å². The van der Waals surface area contributed by atoms with Crippen molar-refractivity contribution in [1.82, 2.24) is 10.6 Å². The molecule has 1 saturated carbocycles. The molecule has 2 aromatic carbocycles. The maximum Gasteiger partial charge on any atom is 0.234 e. The molecule has 0 aromatic heterocycles. The molecule has 0 aliphatic heterocycles. The molecular weight excluding hydrogens is 348 g/mol. The van der Waals surface area contributed by atoms with Crippen LogP contribution in [0.2, 0.25) is 0 Å². The van der Waals surface area contributed by atoms with Gasteiger partial charge in [-0.15, -0.1) is 12.4 Å². The number of nitrogens with one attached hydrogen (secondary N) is 2. The second-order valence-corrected chi connectivity index (χ2v) is 6.49. The highest BCUT2D eigenvalue weighted by Gasteiger charge is 2.21. The van der Waals surface area contributed by atoms with Crippen molar-refractivity contribution in [2.75, 3.05) is 19.7 Å². The van der Waals surface area contributed by atoms with Gasteiger partial charge < -0.3 is 15.4 Å². The average molecular weight is 375 g/mol. The highest BCUT2D eigenvalue weighted by molar-refractivity contribution is 5.85. The molecule has 0 heterocycles. The summed E-state index contributed by atoms with van der Waals surface area (Å²) in [7, 11) is 0. The number of hydrogen-bond acceptors (Lipinski definition) is 3. The fraction of sp³-hybridized carbons (Fsp3) is 0.381. The smallest absolute Gasteiger partial charge is 0.234 e. The first-order chi connectivity index (χ1) is 12.3. The van der Waals surface area contributed by atoms with Gasteiger partial charge in [-0.2, -0.15) is 0 Å². The maximum atomic E-state index is 12.4. The van der Waals surface area contributed by atoms with E-state index < -0.39 is 0 Å². The van der Waals surface area contributed by atoms with Crippen molar-refractivity contribution in [2.45, 2.75) is 25.8 Å². The molecule has 0 bridgehead atoms. The summed E-state index contributed by atoms with van der Waals surface area (Å²) in [6.45, 7) is 3.91. The summed E-state index contributed by atoms with van der Waals surface area (Å²) in [5.74, 6) is 1.63. The Kier molecular flexibility index (Phi) is 7.95. The van der Waals surface area contributed by atoms with Gasteiger partial charge in [-0.1, -0.05) is 42.5 Å². The van der Waals surface area contributed by atoms with Crippen LogP contribution in [0.1, 0.15) is 36.9 Å². The first-order valence-corrected chi connectivity index (χ1v) is 9.04. The van der Waals surface area contributed by atoms with Gasteiger partial charge in [-0.3, -0.25) is 4.79 Å². The van der Waals surface area contributed by atoms with Gasteiger partial charge in [-0.25, -0.2) is 0 Å². The van der Waals surface area contributed by atoms with Crippen molar-refractivity contribution in [3.05, 3.63) is 65.7 Å². The van der Waals surface area contributed by atoms with E-state index in [-0.39, 0.29) is 24.4 Å². The average Bonchev–Trinajstić information content (AvgIpc) is 3.46. The quantitative estimate of drug-likeness (QED) is 0.703. The number of carbonyl (C=O) groups excluding carboxylic acids is 1. The number of hydrogen-bond donors (Lipinski definition) is 2. The molecule has 1 aliphatic carbocycles. The molecule has 1 fully saturated rings. The topological polar surface area (TPSA) is 50.4 Å². The van der Waals surface area contributed by atoms with E-state index in [1.54, 1.807) is 0 Å². The molecule has 140 valence electrons. The first kappa shape index (κ1) is 20.3. The molecule has 3 rings (SSSR count). The van der Waals surface area contributed by atoms with E-state index in [1.165, 1.54) is 12.8 Å². The van der Waals surface area contributed by atoms with E-state index in [4.69, 9.17) is 4.74 Å². The molecule has 2 aromatic rings. The second kappa shape index (κ2) is 10.2. The Labute approximate surface area is 161 Å². The van der Waals surface area contributed by atoms with Crippen LogP contribution >= 0.6 is 12.4 Å². The van der Waals surface area contributed by atoms with Gasteiger partial charge in [0.05, 0.1) is 19.2 Å². The number of rotatable bonds is 9. The third-order valence-electron chi connectivity index (χ3n) is 4.38. The molecule has 1 amide bonds. The minimum atomic E-state index is -0.160. The van der Waals surface area contributed by atoms with Crippen LogP contribution in [0.4, 0.5) is 0 Å². The zero-order chi connectivity index (χ0) is 17.5. The lowest BCUT2D eigenvalue weighted by Gasteiger charge is -2.20. The summed E-state index contributed by atoms with van der Waals surface area (Å²) >= 11 is 0. The van der Waals surface area contributed by atoms with E-state index in [0.717, 1.165) is 29.3 Å². The van der Waals surface area contributed by atoms with E-state index in [2.05, 4.69) is 10.6 Å². The standard InChI is InChI=1S/C21H26N2O2.ClH/c1-2-25-19-12-10-18(11-13-19)21(17-6-4-3-5-7-17)23-20(24)15-22-14-16-8-9-16;/h3-7,10-13,16,21-22H,2,8-9,14-15H2,1H3,(H,23,24);1H. The Balaban J connectivity index is 0.00000243. The molecular formula is C21H27ClN2O2. The Morgan fingerprint density at radius 2 is 1.73 bits per heavy atom. The normalized spacial score (nSPS) is 14.2. The zero-order valence-electron chi connectivity index (χ0n) is 15.1. The maximum absolute atomic E-state index is 12.4. The van der Waals surface area contributed by atoms with Crippen molar-refractivity contribution in [1.29, 1.82) is 0 Å². The lowest BCUT2D eigenvalue weighted by atomic mass is 9.98. The lowest BCUT2D eigenvalue weighted by molar-refractivity contribution is -0.120. The Morgan fingerprint density at radius 3 is 2.35 bits per heavy atom. The summed E-state index contributed by atoms with van der Waals surface area (Å²) < 4.78 is 5.51. The summed E-state index contributed by atoms with van der Waals surface area (Å²) in [6, 6.07) is 17.8. The summed E-state index contributed by atoms with van der Waals surface area (Å²) in [6.07, 6.45) is 2.57. The second-order valence-electron chi connectivity index (χ2n) is 6.49. The van der Waals surface area contributed by atoms with Gasteiger partial charge in [0.25, 0.3) is 0 Å². The minimum absolute atomic E-state index is 0. The highest BCUT2D eigenvalue weighted by Crippen LogP contribution is 2.27. The van der Waals surface area contributed by atoms with Crippen molar-refractivity contribution >= 4 is 18.3 Å². The van der Waals surface area contributed by atoms with Crippen molar-refractivity contribution in [3.63, 3.8) is 0 Å². The number of carbonyl (C=O) groups is 1. The van der Waals surface area contributed by atoms with Crippen LogP contribution in [0, 0.1) is 5.92 Å². The predicted octanol–water partition coefficient (Wildman–Crippen LogP) is 3.71. The molecule has 0 saturated heterocycles. The van der Waals surface area contributed by atoms with Gasteiger partial charge >= 0.3 is 0 Å². The summed E-state index contributed by atoms with van der Waals surface area (Å²) in [5.41, 5.74) is 2.12. The van der Waals surface area contributed by atoms with Crippen LogP contribution in [0.3, 0.4) is 0 Å². The van der Waals surface area contributed by atoms with E-state index in [0.29, 0.717) is 13.2 Å². The predicted molar refractivity (Wildman–Crippen MR) is 107 cm³/mol. The Morgan fingerprint density at radius 1 is 1.08 bits per heavy atom. The summed E-state index contributed by atoms with van der Waals surface area (Å²) in [5, 5.41) is 6.40. The first-order valence-electron chi connectivity index (χ1n) is 9.04. The zero-order valence-corrected chi connectivity index (χ0v) is 15.9. The number of amides is 1. The van der Waals surface area contributed by atoms with Crippen LogP contribution in [0.25, 0.3) is 0 Å². The number of benzene rings is 2. The van der Waals surface area contributed by atoms with Crippen molar-refractivity contribution in [3.8, 4) is 5.75 Å². The van der Waals surface area contributed by atoms with Crippen molar-refractivity contribution in [2.24, 2.45) is 5.92 Å². The van der Waals surface area contributed by atoms with Crippen LogP contribution in [-0.4, -0.2) is 25.6 Å². The van der Waals surface area contributed by atoms with Gasteiger partial charge in [0.2, 0.25) is 5.91 Å². The van der Waals surface area contributed by atoms with E-state index >= 15 is 0 Å². The third-order valence-corrected chi connectivity index (χ3v) is 4.38. The largest absolute Gasteiger partial charge is 0.494 e. The fourth-order valence-electron chi connectivity index (χ4n) is 2.85. The number of halogens is 1. The van der Waals surface area contributed by atoms with Crippen molar-refractivity contribution < 1.29 is 9.53 Å². The summed E-state index contributed by atoms with van der Waals surface area (Å²) in [4.78, 5) is 12.4. The van der Waals surface area contributed by atoms with Gasteiger partial charge in [0, 0.05) is 0 Å². The lowest BCUT2D eigenvalue weighted by Crippen LogP contribution is -2.37. The highest BCUT2D eigenvalue weighted by atomic mass is 35.5. The molecule has 5 heteroatoms. The van der Waals surface area contributed by atoms with Gasteiger partial charge in [0.15, 0.2) is 0 Å². The number of ether oxygens (including phenoxy) is 1. The SMILES string of the molecule is CCOc1ccc(C(NC(=O)CNCC2CC2)c2ccccc2)cc1.Cl. The molecule has 1 atom stereocenters. The molecule has 1 unspecified atom stereocenters. The monoisotopic (exact) mass is 374 g/mol. The molecule has 0 spiro atoms. The Hall–Kier alpha value is -2.04. The fourth-order valence-corrected chi connectivity index (χ4v) is 2.85. The van der Waals surface area contributed by atoms with Gasteiger partial charge in [0.1, 0.15) is 5.75 Å². The third kappa shape index (κ3) is 6.04. The van der Waals surface area contributed by atoms with E-state index in [1.807, 2.05) is 61.5 Å². The molecule has 26 heavy (non-hydrogen) atoms. The van der Waals surface area contributed by atoms with Crippen LogP contribution < -0.4 is 15.4 Å². The van der Waals surface area contributed by atoms with Crippen LogP contribution in [0.15, 0.2) is 54.6 Å². The molecule has 1 aliphatic rings. The molecule has 4 nitrogen and oxygen atoms in total.